The van der Waals surface area contributed by atoms with Gasteiger partial charge in [-0.3, -0.25) is 28.2 Å². The summed E-state index contributed by atoms with van der Waals surface area (Å²) in [4.78, 5) is 96.9. The lowest BCUT2D eigenvalue weighted by Crippen LogP contribution is -2.33. The smallest absolute Gasteiger partial charge is 0.390 e. The van der Waals surface area contributed by atoms with E-state index in [1.165, 1.54) is 6.92 Å². The van der Waals surface area contributed by atoms with Crippen LogP contribution in [0.25, 0.3) is 0 Å². The lowest BCUT2D eigenvalue weighted by Gasteiger charge is -2.21. The minimum absolute atomic E-state index is 0.0385. The van der Waals surface area contributed by atoms with Gasteiger partial charge in [0.1, 0.15) is 12.3 Å². The summed E-state index contributed by atoms with van der Waals surface area (Å²) in [6.45, 7) is 23.2. The van der Waals surface area contributed by atoms with E-state index in [0.29, 0.717) is 323 Å². The van der Waals surface area contributed by atoms with E-state index in [9.17, 15) is 76.2 Å². The van der Waals surface area contributed by atoms with Gasteiger partial charge in [-0.2, -0.15) is 21.6 Å². The predicted octanol–water partition coefficient (Wildman–Crippen LogP) is 1.28. The highest BCUT2D eigenvalue weighted by Gasteiger charge is 2.50. The Bertz CT molecular complexity index is 3540. The highest BCUT2D eigenvalue weighted by atomic mass is 31.3. The summed E-state index contributed by atoms with van der Waals surface area (Å²) in [7, 11) is -37.1. The molecule has 0 aliphatic carbocycles. The van der Waals surface area contributed by atoms with Crippen molar-refractivity contribution >= 4 is 52.8 Å². The fraction of sp³-hybridized carbons (Fsp3) is 0.900. The second kappa shape index (κ2) is 78.0. The normalized spacial score (nSPS) is 17.1. The second-order valence-electron chi connectivity index (χ2n) is 26.6. The van der Waals surface area contributed by atoms with Gasteiger partial charge in [-0.25, -0.2) is 36.9 Å². The summed E-state index contributed by atoms with van der Waals surface area (Å²) in [5.41, 5.74) is -0.699. The number of hydrogen-bond donors (Lipinski definition) is 9. The molecule has 0 bridgehead atoms. The number of nitrogens with zero attached hydrogens (tertiary/aromatic N) is 4. The van der Waals surface area contributed by atoms with E-state index in [2.05, 4.69) is 46.2 Å². The standard InChI is InChI=1S/C70H136N6O48P6/c1-63-60-76(70(80)72-69(63)79)68-59-65(77)66(119-68)62-118-126(83,84)121-128(87,88)123-130(91,92)124-129(89,90)122-127(85,86)120-125(81,82)117-10-6-4-3-5-8-71-67(78)7-11-93-13-15-95-17-19-97-21-23-99-25-27-101-29-31-103-33-35-105-37-39-107-41-43-109-45-47-111-49-51-113-53-55-115-57-58-116-56-54-114-52-50-112-48-46-110-44-42-108-40-38-106-36-34-104-32-30-102-28-26-100-24-22-98-20-18-96-16-14-94-12-9-75-61-64(2)73-74-75/h60-61,65-66,68,77H,3-59,62H2,1-2H3,(H,71,78)(H,81,82)(H,83,84)(H,85,86)(H,87,88)(H,89,90)(H,91,92)(H,72,79,80)/t65?,66-,68-/m1/s1. The zero-order valence-corrected chi connectivity index (χ0v) is 79.1. The maximum Gasteiger partial charge on any atom is 0.490 e. The molecule has 60 heteroatoms. The van der Waals surface area contributed by atoms with Crippen LogP contribution in [0.2, 0.25) is 0 Å². The third-order valence-corrected chi connectivity index (χ3v) is 25.1. The average molecular weight is 2020 g/mol. The van der Waals surface area contributed by atoms with Crippen molar-refractivity contribution in [1.29, 1.82) is 0 Å². The summed E-state index contributed by atoms with van der Waals surface area (Å²) >= 11 is 0. The third-order valence-electron chi connectivity index (χ3n) is 15.9. The first kappa shape index (κ1) is 121. The predicted molar refractivity (Wildman–Crippen MR) is 447 cm³/mol. The van der Waals surface area contributed by atoms with Crippen LogP contribution in [-0.2, 0) is 188 Å². The quantitative estimate of drug-likeness (QED) is 0.0333. The molecule has 9 atom stereocenters. The van der Waals surface area contributed by atoms with E-state index in [-0.39, 0.29) is 57.1 Å². The first-order valence-corrected chi connectivity index (χ1v) is 51.0. The minimum Gasteiger partial charge on any atom is -0.390 e. The van der Waals surface area contributed by atoms with Gasteiger partial charge in [0, 0.05) is 37.3 Å². The van der Waals surface area contributed by atoms with Crippen LogP contribution in [0.15, 0.2) is 22.0 Å². The second-order valence-corrected chi connectivity index (χ2v) is 36.0. The number of carbonyl (C=O) groups is 1. The fourth-order valence-corrected chi connectivity index (χ4v) is 17.7. The third kappa shape index (κ3) is 72.4. The van der Waals surface area contributed by atoms with Crippen LogP contribution >= 0.6 is 46.9 Å². The Labute approximate surface area is 754 Å². The van der Waals surface area contributed by atoms with E-state index in [0.717, 1.165) is 16.5 Å². The van der Waals surface area contributed by atoms with Gasteiger partial charge < -0.3 is 158 Å². The van der Waals surface area contributed by atoms with Gasteiger partial charge in [-0.1, -0.05) is 18.1 Å². The Morgan fingerprint density at radius 3 is 0.938 bits per heavy atom. The number of aromatic nitrogens is 5. The van der Waals surface area contributed by atoms with E-state index in [1.54, 1.807) is 4.68 Å². The number of phosphoric ester groups is 2. The Balaban J connectivity index is 0.915. The first-order valence-electron chi connectivity index (χ1n) is 42.0. The molecule has 130 heavy (non-hydrogen) atoms. The van der Waals surface area contributed by atoms with Crippen LogP contribution < -0.4 is 16.6 Å². The molecule has 0 radical (unpaired) electrons. The monoisotopic (exact) mass is 2010 g/mol. The number of aliphatic hydroxyl groups excluding tert-OH is 1. The summed E-state index contributed by atoms with van der Waals surface area (Å²) in [5, 5.41) is 20.9. The van der Waals surface area contributed by atoms with Crippen molar-refractivity contribution in [3.05, 3.63) is 44.5 Å². The zero-order valence-electron chi connectivity index (χ0n) is 73.7. The number of aryl methyl sites for hydroxylation is 2. The molecule has 2 aromatic rings. The lowest BCUT2D eigenvalue weighted by molar-refractivity contribution is -0.122. The van der Waals surface area contributed by atoms with Gasteiger partial charge in [0.15, 0.2) is 0 Å². The Morgan fingerprint density at radius 1 is 0.377 bits per heavy atom. The number of ether oxygens (including phenoxy) is 25. The van der Waals surface area contributed by atoms with E-state index in [1.807, 2.05) is 18.1 Å². The molecule has 9 N–H and O–H groups in total. The molecule has 1 fully saturated rings. The Kier molecular flexibility index (Phi) is 72.7. The summed E-state index contributed by atoms with van der Waals surface area (Å²) < 4.78 is 242. The van der Waals surface area contributed by atoms with Crippen molar-refractivity contribution in [3.63, 3.8) is 0 Å². The van der Waals surface area contributed by atoms with Crippen LogP contribution in [0.4, 0.5) is 0 Å². The topological polar surface area (TPSA) is 654 Å². The number of nitrogens with one attached hydrogen (secondary N) is 2. The van der Waals surface area contributed by atoms with Crippen molar-refractivity contribution in [2.75, 3.05) is 337 Å². The number of carbonyl (C=O) groups excluding carboxylic acids is 1. The maximum absolute atomic E-state index is 12.4. The average Bonchev–Trinajstić information content (AvgIpc) is 1.74. The highest BCUT2D eigenvalue weighted by molar-refractivity contribution is 7.72. The minimum atomic E-state index is -6.52. The summed E-state index contributed by atoms with van der Waals surface area (Å²) in [5.74, 6) is -0.289. The van der Waals surface area contributed by atoms with Crippen molar-refractivity contribution in [1.82, 2.24) is 29.9 Å². The SMILES string of the molecule is Cc1cn(CCOCCOCCOCCOCCOCCOCCOCCOCCOCCOCCOCCOCCOCCOCCOCCOCCOCCOCCOCCOCCOCCOCCOCCOCCC(=O)NCCCCCCOP(=O)(O)OP(=O)(O)OP(=O)(O)OP(=O)(O)OP(=O)(O)OP(=O)(O)OC[C@H]2O[C@@H](n3cc(C)c(=O)[nH]c3=O)CC2O)nn1. The Hall–Kier alpha value is -2.89. The number of amides is 1. The van der Waals surface area contributed by atoms with Crippen molar-refractivity contribution < 1.29 is 216 Å². The largest absolute Gasteiger partial charge is 0.490 e. The molecule has 1 amide bonds. The van der Waals surface area contributed by atoms with Gasteiger partial charge in [0.05, 0.1) is 349 Å². The van der Waals surface area contributed by atoms with Crippen molar-refractivity contribution in [2.45, 2.75) is 77.4 Å². The molecule has 1 saturated heterocycles. The molecule has 1 aliphatic heterocycles. The van der Waals surface area contributed by atoms with Crippen molar-refractivity contribution in [3.8, 4) is 0 Å². The van der Waals surface area contributed by atoms with Crippen LogP contribution in [0.3, 0.4) is 0 Å². The van der Waals surface area contributed by atoms with E-state index in [4.69, 9.17) is 118 Å². The molecular weight excluding hydrogens is 1880 g/mol. The number of aromatic amines is 1. The molecule has 3 rings (SSSR count). The van der Waals surface area contributed by atoms with E-state index >= 15 is 0 Å². The number of H-pyrrole nitrogens is 1. The van der Waals surface area contributed by atoms with Crippen LogP contribution in [0, 0.1) is 13.8 Å². The zero-order chi connectivity index (χ0) is 94.7. The molecule has 0 spiro atoms. The summed E-state index contributed by atoms with van der Waals surface area (Å²) in [6.07, 6.45) is -0.310. The molecule has 54 nitrogen and oxygen atoms in total. The van der Waals surface area contributed by atoms with Gasteiger partial charge in [-0.15, -0.1) is 5.10 Å². The van der Waals surface area contributed by atoms with E-state index < -0.39 is 89.8 Å². The van der Waals surface area contributed by atoms with Gasteiger partial charge in [0.2, 0.25) is 5.91 Å². The summed E-state index contributed by atoms with van der Waals surface area (Å²) in [6, 6.07) is 0. The first-order chi connectivity index (χ1) is 62.6. The van der Waals surface area contributed by atoms with Crippen LogP contribution in [0.1, 0.15) is 56.0 Å². The molecule has 3 heterocycles. The number of unbranched alkanes of at least 4 members (excludes halogenated alkanes) is 3. The number of aliphatic hydroxyl groups is 1. The molecule has 0 aromatic carbocycles. The van der Waals surface area contributed by atoms with Crippen molar-refractivity contribution in [2.24, 2.45) is 0 Å². The number of hydrogen-bond acceptors (Lipinski definition) is 44. The molecule has 7 unspecified atom stereocenters. The fourth-order valence-electron chi connectivity index (χ4n) is 9.83. The van der Waals surface area contributed by atoms with Gasteiger partial charge in [-0.05, 0) is 26.7 Å². The highest BCUT2D eigenvalue weighted by Crippen LogP contribution is 2.75. The number of rotatable bonds is 97. The maximum atomic E-state index is 12.4. The number of phosphoric acid groups is 6. The molecule has 2 aromatic heterocycles. The lowest BCUT2D eigenvalue weighted by atomic mass is 10.2. The molecular formula is C70H136N6O48P6. The Morgan fingerprint density at radius 2 is 0.646 bits per heavy atom. The van der Waals surface area contributed by atoms with Gasteiger partial charge in [0.25, 0.3) is 5.56 Å². The van der Waals surface area contributed by atoms with Crippen LogP contribution in [0.5, 0.6) is 0 Å². The van der Waals surface area contributed by atoms with Crippen LogP contribution in [-0.4, -0.2) is 414 Å². The molecule has 0 saturated carbocycles. The molecule has 764 valence electrons. The van der Waals surface area contributed by atoms with Gasteiger partial charge >= 0.3 is 52.6 Å². The molecule has 1 aliphatic rings.